The molecule has 2 atom stereocenters. The Labute approximate surface area is 164 Å². The molecule has 0 saturated carbocycles. The topological polar surface area (TPSA) is 83.8 Å². The summed E-state index contributed by atoms with van der Waals surface area (Å²) in [6.07, 6.45) is 4.53. The lowest BCUT2D eigenvalue weighted by Crippen LogP contribution is -2.48. The molecule has 2 aliphatic heterocycles. The number of nitrogens with zero attached hydrogens (tertiary/aromatic N) is 4. The third-order valence-corrected chi connectivity index (χ3v) is 5.30. The lowest BCUT2D eigenvalue weighted by Gasteiger charge is -2.34. The molecule has 2 unspecified atom stereocenters. The zero-order valence-corrected chi connectivity index (χ0v) is 16.3. The van der Waals surface area contributed by atoms with E-state index in [1.54, 1.807) is 11.7 Å². The molecule has 0 spiro atoms. The third kappa shape index (κ3) is 3.73. The van der Waals surface area contributed by atoms with E-state index in [0.717, 1.165) is 42.3 Å². The molecule has 148 valence electrons. The SMILES string of the molecule is CN=C(NCCC1C(=O)Nc2ccccc21)N1CCOC(c2cnn(C)c2)C1. The Morgan fingerprint density at radius 1 is 1.43 bits per heavy atom. The smallest absolute Gasteiger partial charge is 0.232 e. The van der Waals surface area contributed by atoms with Crippen LogP contribution in [0.3, 0.4) is 0 Å². The number of morpholine rings is 1. The molecule has 0 aliphatic carbocycles. The van der Waals surface area contributed by atoms with Gasteiger partial charge >= 0.3 is 0 Å². The van der Waals surface area contributed by atoms with Crippen LogP contribution in [-0.2, 0) is 16.6 Å². The van der Waals surface area contributed by atoms with E-state index < -0.39 is 0 Å². The van der Waals surface area contributed by atoms with Gasteiger partial charge in [-0.1, -0.05) is 18.2 Å². The highest BCUT2D eigenvalue weighted by atomic mass is 16.5. The Morgan fingerprint density at radius 3 is 3.07 bits per heavy atom. The first-order valence-electron chi connectivity index (χ1n) is 9.61. The van der Waals surface area contributed by atoms with E-state index in [1.165, 1.54) is 0 Å². The number of benzene rings is 1. The Balaban J connectivity index is 1.34. The molecule has 8 heteroatoms. The van der Waals surface area contributed by atoms with Crippen molar-refractivity contribution in [3.8, 4) is 0 Å². The standard InChI is InChI=1S/C20H26N6O2/c1-21-20(26-9-10-28-18(13-26)14-11-23-25(2)12-14)22-8-7-16-15-5-3-4-6-17(15)24-19(16)27/h3-6,11-12,16,18H,7-10,13H2,1-2H3,(H,21,22)(H,24,27). The van der Waals surface area contributed by atoms with Crippen molar-refractivity contribution in [2.45, 2.75) is 18.4 Å². The number of para-hydroxylation sites is 1. The number of fused-ring (bicyclic) bond motifs is 1. The van der Waals surface area contributed by atoms with Crippen LogP contribution < -0.4 is 10.6 Å². The Morgan fingerprint density at radius 2 is 2.29 bits per heavy atom. The molecular weight excluding hydrogens is 356 g/mol. The molecule has 3 heterocycles. The van der Waals surface area contributed by atoms with E-state index in [-0.39, 0.29) is 17.9 Å². The predicted molar refractivity (Wildman–Crippen MR) is 107 cm³/mol. The number of guanidine groups is 1. The molecule has 8 nitrogen and oxygen atoms in total. The van der Waals surface area contributed by atoms with Crippen LogP contribution in [0.5, 0.6) is 0 Å². The van der Waals surface area contributed by atoms with Crippen molar-refractivity contribution in [2.75, 3.05) is 38.6 Å². The quantitative estimate of drug-likeness (QED) is 0.618. The van der Waals surface area contributed by atoms with Gasteiger partial charge < -0.3 is 20.3 Å². The number of aromatic nitrogens is 2. The number of amides is 1. The summed E-state index contributed by atoms with van der Waals surface area (Å²) in [6, 6.07) is 7.89. The zero-order chi connectivity index (χ0) is 19.5. The maximum atomic E-state index is 12.3. The second kappa shape index (κ2) is 8.02. The van der Waals surface area contributed by atoms with Gasteiger partial charge in [-0.25, -0.2) is 0 Å². The van der Waals surface area contributed by atoms with Gasteiger partial charge in [-0.15, -0.1) is 0 Å². The summed E-state index contributed by atoms with van der Waals surface area (Å²) in [5.41, 5.74) is 3.07. The van der Waals surface area contributed by atoms with E-state index in [1.807, 2.05) is 43.7 Å². The van der Waals surface area contributed by atoms with E-state index >= 15 is 0 Å². The van der Waals surface area contributed by atoms with E-state index in [0.29, 0.717) is 13.2 Å². The molecule has 0 bridgehead atoms. The van der Waals surface area contributed by atoms with Gasteiger partial charge in [0.2, 0.25) is 5.91 Å². The van der Waals surface area contributed by atoms with Gasteiger partial charge in [0, 0.05) is 44.6 Å². The molecule has 2 aromatic rings. The van der Waals surface area contributed by atoms with Crippen molar-refractivity contribution in [1.29, 1.82) is 0 Å². The number of rotatable bonds is 4. The Bertz CT molecular complexity index is 877. The first-order chi connectivity index (χ1) is 13.7. The fraction of sp³-hybridized carbons (Fsp3) is 0.450. The molecule has 1 aromatic heterocycles. The number of aliphatic imine (C=N–C) groups is 1. The number of ether oxygens (including phenoxy) is 1. The van der Waals surface area contributed by atoms with Crippen LogP contribution in [0, 0.1) is 0 Å². The molecule has 1 aromatic carbocycles. The van der Waals surface area contributed by atoms with E-state index in [2.05, 4.69) is 25.6 Å². The Kier molecular flexibility index (Phi) is 5.29. The minimum absolute atomic E-state index is 0.0199. The summed E-state index contributed by atoms with van der Waals surface area (Å²) in [5.74, 6) is 0.791. The number of hydrogen-bond acceptors (Lipinski definition) is 4. The summed E-state index contributed by atoms with van der Waals surface area (Å²) >= 11 is 0. The molecule has 1 fully saturated rings. The number of nitrogens with one attached hydrogen (secondary N) is 2. The lowest BCUT2D eigenvalue weighted by molar-refractivity contribution is -0.117. The summed E-state index contributed by atoms with van der Waals surface area (Å²) in [5, 5.41) is 10.6. The highest BCUT2D eigenvalue weighted by Crippen LogP contribution is 2.33. The van der Waals surface area contributed by atoms with Crippen LogP contribution in [0.1, 0.15) is 29.6 Å². The number of anilines is 1. The van der Waals surface area contributed by atoms with Gasteiger partial charge in [0.1, 0.15) is 6.10 Å². The highest BCUT2D eigenvalue weighted by molar-refractivity contribution is 6.02. The number of carbonyl (C=O) groups is 1. The van der Waals surface area contributed by atoms with Gasteiger partial charge in [0.25, 0.3) is 0 Å². The highest BCUT2D eigenvalue weighted by Gasteiger charge is 2.30. The minimum Gasteiger partial charge on any atom is -0.370 e. The van der Waals surface area contributed by atoms with Crippen LogP contribution in [-0.4, -0.2) is 59.8 Å². The fourth-order valence-electron chi connectivity index (χ4n) is 3.87. The van der Waals surface area contributed by atoms with Crippen LogP contribution in [0.2, 0.25) is 0 Å². The van der Waals surface area contributed by atoms with Gasteiger partial charge in [-0.2, -0.15) is 5.10 Å². The molecule has 1 amide bonds. The van der Waals surface area contributed by atoms with Crippen molar-refractivity contribution >= 4 is 17.6 Å². The Hall–Kier alpha value is -2.87. The molecule has 28 heavy (non-hydrogen) atoms. The summed E-state index contributed by atoms with van der Waals surface area (Å²) in [6.45, 7) is 2.81. The second-order valence-corrected chi connectivity index (χ2v) is 7.14. The van der Waals surface area contributed by atoms with Crippen LogP contribution in [0.15, 0.2) is 41.7 Å². The molecular formula is C20H26N6O2. The summed E-state index contributed by atoms with van der Waals surface area (Å²) < 4.78 is 7.70. The molecule has 0 radical (unpaired) electrons. The maximum absolute atomic E-state index is 12.3. The molecule has 4 rings (SSSR count). The largest absolute Gasteiger partial charge is 0.370 e. The first kappa shape index (κ1) is 18.5. The van der Waals surface area contributed by atoms with Crippen molar-refractivity contribution in [2.24, 2.45) is 12.0 Å². The normalized spacial score (nSPS) is 22.1. The number of aryl methyl sites for hydroxylation is 1. The van der Waals surface area contributed by atoms with Crippen molar-refractivity contribution in [3.05, 3.63) is 47.8 Å². The predicted octanol–water partition coefficient (Wildman–Crippen LogP) is 1.49. The first-order valence-corrected chi connectivity index (χ1v) is 9.61. The van der Waals surface area contributed by atoms with Crippen molar-refractivity contribution < 1.29 is 9.53 Å². The fourth-order valence-corrected chi connectivity index (χ4v) is 3.87. The second-order valence-electron chi connectivity index (χ2n) is 7.14. The van der Waals surface area contributed by atoms with Crippen LogP contribution >= 0.6 is 0 Å². The number of carbonyl (C=O) groups excluding carboxylic acids is 1. The van der Waals surface area contributed by atoms with Gasteiger partial charge in [0.05, 0.1) is 25.3 Å². The summed E-state index contributed by atoms with van der Waals surface area (Å²) in [4.78, 5) is 18.9. The lowest BCUT2D eigenvalue weighted by atomic mass is 9.97. The molecule has 1 saturated heterocycles. The number of hydrogen-bond donors (Lipinski definition) is 2. The zero-order valence-electron chi connectivity index (χ0n) is 16.3. The van der Waals surface area contributed by atoms with E-state index in [9.17, 15) is 4.79 Å². The van der Waals surface area contributed by atoms with Crippen molar-refractivity contribution in [1.82, 2.24) is 20.0 Å². The molecule has 2 N–H and O–H groups in total. The molecule has 2 aliphatic rings. The van der Waals surface area contributed by atoms with Crippen LogP contribution in [0.25, 0.3) is 0 Å². The van der Waals surface area contributed by atoms with E-state index in [4.69, 9.17) is 4.74 Å². The van der Waals surface area contributed by atoms with Gasteiger partial charge in [-0.05, 0) is 18.1 Å². The van der Waals surface area contributed by atoms with Crippen LogP contribution in [0.4, 0.5) is 5.69 Å². The minimum atomic E-state index is -0.116. The van der Waals surface area contributed by atoms with Crippen molar-refractivity contribution in [3.63, 3.8) is 0 Å². The average Bonchev–Trinajstić information content (AvgIpc) is 3.28. The third-order valence-electron chi connectivity index (χ3n) is 5.30. The monoisotopic (exact) mass is 382 g/mol. The van der Waals surface area contributed by atoms with Gasteiger partial charge in [0.15, 0.2) is 5.96 Å². The van der Waals surface area contributed by atoms with Gasteiger partial charge in [-0.3, -0.25) is 14.5 Å². The summed E-state index contributed by atoms with van der Waals surface area (Å²) in [7, 11) is 3.69. The maximum Gasteiger partial charge on any atom is 0.232 e. The average molecular weight is 382 g/mol.